The van der Waals surface area contributed by atoms with Gasteiger partial charge in [0.1, 0.15) is 0 Å². The maximum absolute atomic E-state index is 3.53. The third-order valence-electron chi connectivity index (χ3n) is 1.68. The van der Waals surface area contributed by atoms with E-state index < -0.39 is 0 Å². The van der Waals surface area contributed by atoms with Crippen LogP contribution in [0.2, 0.25) is 0 Å². The first-order chi connectivity index (χ1) is 7.02. The van der Waals surface area contributed by atoms with Crippen LogP contribution in [0, 0.1) is 0 Å². The van der Waals surface area contributed by atoms with Crippen LogP contribution in [-0.2, 0) is 5.41 Å². The van der Waals surface area contributed by atoms with Crippen molar-refractivity contribution in [3.63, 3.8) is 0 Å². The molecule has 0 spiro atoms. The van der Waals surface area contributed by atoms with E-state index in [0.29, 0.717) is 0 Å². The summed E-state index contributed by atoms with van der Waals surface area (Å²) in [6.45, 7) is 14.6. The predicted molar refractivity (Wildman–Crippen MR) is 75.5 cm³/mol. The van der Waals surface area contributed by atoms with Crippen molar-refractivity contribution < 1.29 is 0 Å². The van der Waals surface area contributed by atoms with Gasteiger partial charge in [-0.15, -0.1) is 0 Å². The number of halogens is 1. The predicted octanol–water partition coefficient (Wildman–Crippen LogP) is 5.80. The molecule has 0 heterocycles. The van der Waals surface area contributed by atoms with Crippen LogP contribution in [0.1, 0.15) is 54.0 Å². The molecule has 0 saturated carbocycles. The van der Waals surface area contributed by atoms with Crippen molar-refractivity contribution >= 4 is 15.9 Å². The zero-order chi connectivity index (χ0) is 12.5. The Kier molecular flexibility index (Phi) is 10.2. The Hall–Kier alpha value is -0.300. The molecule has 1 aromatic carbocycles. The molecule has 0 aliphatic carbocycles. The van der Waals surface area contributed by atoms with Crippen LogP contribution in [0.25, 0.3) is 0 Å². The van der Waals surface area contributed by atoms with E-state index in [0.717, 1.165) is 0 Å². The lowest BCUT2D eigenvalue weighted by molar-refractivity contribution is 0.587. The van der Waals surface area contributed by atoms with Gasteiger partial charge in [0.05, 0.1) is 0 Å². The summed E-state index contributed by atoms with van der Waals surface area (Å²) in [5.74, 6) is 0. The van der Waals surface area contributed by atoms with Crippen molar-refractivity contribution in [1.82, 2.24) is 0 Å². The maximum atomic E-state index is 3.53. The Morgan fingerprint density at radius 3 is 1.53 bits per heavy atom. The summed E-state index contributed by atoms with van der Waals surface area (Å²) >= 11 is 3.53. The lowest BCUT2D eigenvalue weighted by Crippen LogP contribution is -2.11. The molecule has 0 atom stereocenters. The molecular weight excluding hydrogens is 248 g/mol. The van der Waals surface area contributed by atoms with Gasteiger partial charge in [0.2, 0.25) is 0 Å². The molecule has 88 valence electrons. The van der Waals surface area contributed by atoms with E-state index in [1.54, 1.807) is 0 Å². The van der Waals surface area contributed by atoms with Crippen LogP contribution in [-0.4, -0.2) is 0 Å². The molecule has 0 saturated heterocycles. The van der Waals surface area contributed by atoms with Crippen molar-refractivity contribution in [2.24, 2.45) is 0 Å². The SMILES string of the molecule is CC.CC.CC(C)(C)c1ccccc1Br. The van der Waals surface area contributed by atoms with Gasteiger partial charge in [-0.3, -0.25) is 0 Å². The van der Waals surface area contributed by atoms with Gasteiger partial charge in [-0.2, -0.15) is 0 Å². The van der Waals surface area contributed by atoms with Gasteiger partial charge in [0.25, 0.3) is 0 Å². The normalized spacial score (nSPS) is 9.33. The monoisotopic (exact) mass is 272 g/mol. The van der Waals surface area contributed by atoms with Crippen LogP contribution in [0.3, 0.4) is 0 Å². The van der Waals surface area contributed by atoms with E-state index in [2.05, 4.69) is 54.9 Å². The second-order valence-electron chi connectivity index (χ2n) is 3.73. The molecule has 0 radical (unpaired) electrons. The molecular formula is C14H25Br. The third kappa shape index (κ3) is 6.72. The van der Waals surface area contributed by atoms with Crippen molar-refractivity contribution in [2.75, 3.05) is 0 Å². The number of hydrogen-bond acceptors (Lipinski definition) is 0. The fourth-order valence-electron chi connectivity index (χ4n) is 1.07. The molecule has 0 aliphatic heterocycles. The highest BCUT2D eigenvalue weighted by Gasteiger charge is 2.15. The first-order valence-corrected chi connectivity index (χ1v) is 6.56. The lowest BCUT2D eigenvalue weighted by atomic mass is 9.87. The molecule has 1 rings (SSSR count). The van der Waals surface area contributed by atoms with E-state index in [9.17, 15) is 0 Å². The van der Waals surface area contributed by atoms with Gasteiger partial charge in [0, 0.05) is 4.47 Å². The molecule has 0 aliphatic rings. The van der Waals surface area contributed by atoms with Crippen molar-refractivity contribution in [2.45, 2.75) is 53.9 Å². The highest BCUT2D eigenvalue weighted by Crippen LogP contribution is 2.28. The second-order valence-corrected chi connectivity index (χ2v) is 4.58. The average molecular weight is 273 g/mol. The fraction of sp³-hybridized carbons (Fsp3) is 0.571. The van der Waals surface area contributed by atoms with Crippen molar-refractivity contribution in [3.8, 4) is 0 Å². The second kappa shape index (κ2) is 8.96. The standard InChI is InChI=1S/C10H13Br.2C2H6/c1-10(2,3)8-6-4-5-7-9(8)11;2*1-2/h4-7H,1-3H3;2*1-2H3. The largest absolute Gasteiger partial charge is 0.0683 e. The first-order valence-electron chi connectivity index (χ1n) is 5.77. The van der Waals surface area contributed by atoms with E-state index >= 15 is 0 Å². The van der Waals surface area contributed by atoms with E-state index in [1.165, 1.54) is 10.0 Å². The average Bonchev–Trinajstić information content (AvgIpc) is 2.23. The first kappa shape index (κ1) is 17.1. The highest BCUT2D eigenvalue weighted by atomic mass is 79.9. The molecule has 1 heteroatoms. The van der Waals surface area contributed by atoms with Gasteiger partial charge >= 0.3 is 0 Å². The molecule has 0 fully saturated rings. The van der Waals surface area contributed by atoms with E-state index in [1.807, 2.05) is 33.8 Å². The highest BCUT2D eigenvalue weighted by molar-refractivity contribution is 9.10. The Morgan fingerprint density at radius 1 is 0.867 bits per heavy atom. The Balaban J connectivity index is 0. The molecule has 0 N–H and O–H groups in total. The van der Waals surface area contributed by atoms with Crippen LogP contribution < -0.4 is 0 Å². The van der Waals surface area contributed by atoms with Gasteiger partial charge in [-0.05, 0) is 17.0 Å². The maximum Gasteiger partial charge on any atom is 0.0212 e. The molecule has 0 bridgehead atoms. The van der Waals surface area contributed by atoms with Crippen LogP contribution in [0.15, 0.2) is 28.7 Å². The van der Waals surface area contributed by atoms with Crippen molar-refractivity contribution in [3.05, 3.63) is 34.3 Å². The van der Waals surface area contributed by atoms with Gasteiger partial charge in [-0.1, -0.05) is 82.6 Å². The quantitative estimate of drug-likeness (QED) is 0.560. The van der Waals surface area contributed by atoms with E-state index in [-0.39, 0.29) is 5.41 Å². The summed E-state index contributed by atoms with van der Waals surface area (Å²) in [5, 5.41) is 0. The minimum atomic E-state index is 0.236. The molecule has 0 amide bonds. The topological polar surface area (TPSA) is 0 Å². The lowest BCUT2D eigenvalue weighted by Gasteiger charge is -2.20. The molecule has 0 nitrogen and oxygen atoms in total. The molecule has 0 unspecified atom stereocenters. The summed E-state index contributed by atoms with van der Waals surface area (Å²) in [6, 6.07) is 8.36. The molecule has 0 aromatic heterocycles. The minimum absolute atomic E-state index is 0.236. The Morgan fingerprint density at radius 2 is 1.27 bits per heavy atom. The van der Waals surface area contributed by atoms with Crippen LogP contribution >= 0.6 is 15.9 Å². The number of hydrogen-bond donors (Lipinski definition) is 0. The summed E-state index contributed by atoms with van der Waals surface area (Å²) in [4.78, 5) is 0. The summed E-state index contributed by atoms with van der Waals surface area (Å²) < 4.78 is 1.20. The number of rotatable bonds is 0. The van der Waals surface area contributed by atoms with Gasteiger partial charge < -0.3 is 0 Å². The Labute approximate surface area is 104 Å². The molecule has 1 aromatic rings. The summed E-state index contributed by atoms with van der Waals surface area (Å²) in [5.41, 5.74) is 1.60. The summed E-state index contributed by atoms with van der Waals surface area (Å²) in [6.07, 6.45) is 0. The zero-order valence-electron chi connectivity index (χ0n) is 11.2. The fourth-order valence-corrected chi connectivity index (χ4v) is 1.95. The smallest absolute Gasteiger partial charge is 0.0212 e. The van der Waals surface area contributed by atoms with E-state index in [4.69, 9.17) is 0 Å². The van der Waals surface area contributed by atoms with Crippen LogP contribution in [0.5, 0.6) is 0 Å². The Bertz CT molecular complexity index is 246. The summed E-state index contributed by atoms with van der Waals surface area (Å²) in [7, 11) is 0. The van der Waals surface area contributed by atoms with Gasteiger partial charge in [0.15, 0.2) is 0 Å². The van der Waals surface area contributed by atoms with Crippen LogP contribution in [0.4, 0.5) is 0 Å². The van der Waals surface area contributed by atoms with Gasteiger partial charge in [-0.25, -0.2) is 0 Å². The number of benzene rings is 1. The molecule has 15 heavy (non-hydrogen) atoms. The third-order valence-corrected chi connectivity index (χ3v) is 2.37. The zero-order valence-corrected chi connectivity index (χ0v) is 12.8. The minimum Gasteiger partial charge on any atom is -0.0683 e. The van der Waals surface area contributed by atoms with Crippen molar-refractivity contribution in [1.29, 1.82) is 0 Å².